The number of nitrogens with one attached hydrogen (secondary N) is 1. The molecule has 0 saturated carbocycles. The molecule has 92 valence electrons. The third-order valence-corrected chi connectivity index (χ3v) is 2.34. The minimum absolute atomic E-state index is 0.301. The van der Waals surface area contributed by atoms with Gasteiger partial charge in [0.05, 0.1) is 11.3 Å². The highest BCUT2D eigenvalue weighted by Gasteiger charge is 2.20. The van der Waals surface area contributed by atoms with Gasteiger partial charge in [-0.2, -0.15) is 0 Å². The molecule has 0 fully saturated rings. The molecule has 1 rings (SSSR count). The number of carboxylic acid groups (broad SMARTS) is 1. The maximum absolute atomic E-state index is 11.8. The summed E-state index contributed by atoms with van der Waals surface area (Å²) < 4.78 is 0. The molecule has 0 aliphatic rings. The van der Waals surface area contributed by atoms with Crippen LogP contribution in [-0.2, 0) is 4.79 Å². The van der Waals surface area contributed by atoms with Crippen LogP contribution in [0.4, 0.5) is 0 Å². The predicted molar refractivity (Wildman–Crippen MR) is 60.6 cm³/mol. The van der Waals surface area contributed by atoms with E-state index in [2.05, 4.69) is 15.3 Å². The van der Waals surface area contributed by atoms with Crippen molar-refractivity contribution in [1.29, 1.82) is 0 Å². The third kappa shape index (κ3) is 3.51. The summed E-state index contributed by atoms with van der Waals surface area (Å²) in [7, 11) is 0. The van der Waals surface area contributed by atoms with Crippen molar-refractivity contribution < 1.29 is 14.7 Å². The molecule has 0 saturated heterocycles. The Labute approximate surface area is 99.1 Å². The molecule has 6 nitrogen and oxygen atoms in total. The molecule has 1 aromatic rings. The Morgan fingerprint density at radius 3 is 2.76 bits per heavy atom. The highest BCUT2D eigenvalue weighted by Crippen LogP contribution is 2.04. The van der Waals surface area contributed by atoms with E-state index in [1.165, 1.54) is 12.5 Å². The molecule has 1 aromatic heterocycles. The fraction of sp³-hybridized carbons (Fsp3) is 0.455. The van der Waals surface area contributed by atoms with Crippen LogP contribution in [0.1, 0.15) is 35.8 Å². The van der Waals surface area contributed by atoms with Gasteiger partial charge >= 0.3 is 5.97 Å². The van der Waals surface area contributed by atoms with Crippen molar-refractivity contribution in [3.8, 4) is 0 Å². The molecule has 2 N–H and O–H groups in total. The van der Waals surface area contributed by atoms with E-state index in [1.54, 1.807) is 6.92 Å². The zero-order valence-electron chi connectivity index (χ0n) is 9.80. The first kappa shape index (κ1) is 13.1. The van der Waals surface area contributed by atoms with E-state index in [1.807, 2.05) is 6.92 Å². The van der Waals surface area contributed by atoms with Crippen LogP contribution in [0, 0.1) is 6.92 Å². The topological polar surface area (TPSA) is 92.2 Å². The fourth-order valence-electron chi connectivity index (χ4n) is 1.40. The van der Waals surface area contributed by atoms with Crippen molar-refractivity contribution in [3.05, 3.63) is 23.8 Å². The van der Waals surface area contributed by atoms with E-state index in [9.17, 15) is 9.59 Å². The number of carbonyl (C=O) groups is 2. The molecule has 1 amide bonds. The summed E-state index contributed by atoms with van der Waals surface area (Å²) in [4.78, 5) is 30.3. The van der Waals surface area contributed by atoms with Gasteiger partial charge in [0, 0.05) is 6.20 Å². The number of aromatic nitrogens is 2. The highest BCUT2D eigenvalue weighted by atomic mass is 16.4. The molecule has 17 heavy (non-hydrogen) atoms. The maximum Gasteiger partial charge on any atom is 0.326 e. The molecule has 0 bridgehead atoms. The second-order valence-corrected chi connectivity index (χ2v) is 3.67. The van der Waals surface area contributed by atoms with Crippen molar-refractivity contribution in [3.63, 3.8) is 0 Å². The average Bonchev–Trinajstić information content (AvgIpc) is 2.28. The van der Waals surface area contributed by atoms with Gasteiger partial charge in [0.1, 0.15) is 12.4 Å². The summed E-state index contributed by atoms with van der Waals surface area (Å²) in [6, 6.07) is -0.868. The molecule has 6 heteroatoms. The van der Waals surface area contributed by atoms with E-state index in [0.717, 1.165) is 0 Å². The first-order valence-corrected chi connectivity index (χ1v) is 5.36. The van der Waals surface area contributed by atoms with Crippen molar-refractivity contribution in [2.45, 2.75) is 32.7 Å². The standard InChI is InChI=1S/C11H15N3O3/c1-3-4-9(11(16)17)14-10(15)8-5-12-6-13-7(8)2/h5-6,9H,3-4H2,1-2H3,(H,14,15)(H,16,17). The first-order chi connectivity index (χ1) is 8.06. The normalized spacial score (nSPS) is 11.9. The maximum atomic E-state index is 11.8. The monoisotopic (exact) mass is 237 g/mol. The minimum Gasteiger partial charge on any atom is -0.480 e. The molecule has 0 aliphatic carbocycles. The second kappa shape index (κ2) is 5.93. The minimum atomic E-state index is -1.03. The highest BCUT2D eigenvalue weighted by molar-refractivity contribution is 5.97. The lowest BCUT2D eigenvalue weighted by Crippen LogP contribution is -2.41. The van der Waals surface area contributed by atoms with E-state index in [-0.39, 0.29) is 0 Å². The van der Waals surface area contributed by atoms with Gasteiger partial charge in [0.2, 0.25) is 0 Å². The van der Waals surface area contributed by atoms with E-state index >= 15 is 0 Å². The van der Waals surface area contributed by atoms with Crippen LogP contribution < -0.4 is 5.32 Å². The third-order valence-electron chi connectivity index (χ3n) is 2.34. The Balaban J connectivity index is 2.77. The molecule has 1 atom stereocenters. The van der Waals surface area contributed by atoms with Crippen LogP contribution >= 0.6 is 0 Å². The van der Waals surface area contributed by atoms with Crippen LogP contribution in [0.2, 0.25) is 0 Å². The van der Waals surface area contributed by atoms with E-state index < -0.39 is 17.9 Å². The first-order valence-electron chi connectivity index (χ1n) is 5.36. The Bertz CT molecular complexity index is 420. The number of aryl methyl sites for hydroxylation is 1. The van der Waals surface area contributed by atoms with Crippen LogP contribution in [0.15, 0.2) is 12.5 Å². The SMILES string of the molecule is CCCC(NC(=O)c1cncnc1C)C(=O)O. The van der Waals surface area contributed by atoms with Gasteiger partial charge in [-0.3, -0.25) is 4.79 Å². The van der Waals surface area contributed by atoms with Crippen LogP contribution in [-0.4, -0.2) is 33.0 Å². The molecule has 1 heterocycles. The molecular formula is C11H15N3O3. The molecule has 0 aromatic carbocycles. The lowest BCUT2D eigenvalue weighted by molar-refractivity contribution is -0.139. The van der Waals surface area contributed by atoms with Gasteiger partial charge in [-0.25, -0.2) is 14.8 Å². The zero-order chi connectivity index (χ0) is 12.8. The summed E-state index contributed by atoms with van der Waals surface area (Å²) in [5, 5.41) is 11.4. The summed E-state index contributed by atoms with van der Waals surface area (Å²) in [6.45, 7) is 3.53. The van der Waals surface area contributed by atoms with Gasteiger partial charge in [-0.15, -0.1) is 0 Å². The van der Waals surface area contributed by atoms with Crippen molar-refractivity contribution >= 4 is 11.9 Å². The lowest BCUT2D eigenvalue weighted by Gasteiger charge is -2.13. The number of aliphatic carboxylic acids is 1. The fourth-order valence-corrected chi connectivity index (χ4v) is 1.40. The van der Waals surface area contributed by atoms with Crippen LogP contribution in [0.25, 0.3) is 0 Å². The molecule has 0 radical (unpaired) electrons. The second-order valence-electron chi connectivity index (χ2n) is 3.67. The van der Waals surface area contributed by atoms with Gasteiger partial charge in [-0.05, 0) is 13.3 Å². The van der Waals surface area contributed by atoms with Gasteiger partial charge in [-0.1, -0.05) is 13.3 Å². The molecule has 0 spiro atoms. The number of carboxylic acids is 1. The molecular weight excluding hydrogens is 222 g/mol. The average molecular weight is 237 g/mol. The van der Waals surface area contributed by atoms with Crippen LogP contribution in [0.3, 0.4) is 0 Å². The van der Waals surface area contributed by atoms with E-state index in [0.29, 0.717) is 24.1 Å². The number of carbonyl (C=O) groups excluding carboxylic acids is 1. The number of rotatable bonds is 5. The summed E-state index contributed by atoms with van der Waals surface area (Å²) >= 11 is 0. The zero-order valence-corrected chi connectivity index (χ0v) is 9.80. The van der Waals surface area contributed by atoms with Crippen molar-refractivity contribution in [2.24, 2.45) is 0 Å². The number of amides is 1. The summed E-state index contributed by atoms with van der Waals surface area (Å²) in [6.07, 6.45) is 3.80. The Morgan fingerprint density at radius 2 is 2.24 bits per heavy atom. The quantitative estimate of drug-likeness (QED) is 0.789. The van der Waals surface area contributed by atoms with Crippen molar-refractivity contribution in [2.75, 3.05) is 0 Å². The predicted octanol–water partition coefficient (Wildman–Crippen LogP) is 0.768. The summed E-state index contributed by atoms with van der Waals surface area (Å²) in [5.74, 6) is -1.49. The molecule has 1 unspecified atom stereocenters. The van der Waals surface area contributed by atoms with Gasteiger partial charge < -0.3 is 10.4 Å². The van der Waals surface area contributed by atoms with E-state index in [4.69, 9.17) is 5.11 Å². The number of hydrogen-bond donors (Lipinski definition) is 2. The Morgan fingerprint density at radius 1 is 1.53 bits per heavy atom. The lowest BCUT2D eigenvalue weighted by atomic mass is 10.1. The number of hydrogen-bond acceptors (Lipinski definition) is 4. The van der Waals surface area contributed by atoms with Crippen LogP contribution in [0.5, 0.6) is 0 Å². The Hall–Kier alpha value is -1.98. The molecule has 0 aliphatic heterocycles. The van der Waals surface area contributed by atoms with Crippen molar-refractivity contribution in [1.82, 2.24) is 15.3 Å². The smallest absolute Gasteiger partial charge is 0.326 e. The largest absolute Gasteiger partial charge is 0.480 e. The number of nitrogens with zero attached hydrogens (tertiary/aromatic N) is 2. The van der Waals surface area contributed by atoms with Gasteiger partial charge in [0.15, 0.2) is 0 Å². The summed E-state index contributed by atoms with van der Waals surface area (Å²) in [5.41, 5.74) is 0.827. The van der Waals surface area contributed by atoms with Gasteiger partial charge in [0.25, 0.3) is 5.91 Å². The Kier molecular flexibility index (Phi) is 4.56.